The fourth-order valence-corrected chi connectivity index (χ4v) is 3.96. The predicted molar refractivity (Wildman–Crippen MR) is 135 cm³/mol. The van der Waals surface area contributed by atoms with Crippen LogP contribution in [-0.2, 0) is 23.2 Å². The van der Waals surface area contributed by atoms with Gasteiger partial charge >= 0.3 is 0 Å². The lowest BCUT2D eigenvalue weighted by atomic mass is 10.1. The molecule has 1 atom stereocenters. The van der Waals surface area contributed by atoms with Crippen LogP contribution in [0.1, 0.15) is 29.9 Å². The maximum Gasteiger partial charge on any atom is 0.244 e. The number of ether oxygens (including phenoxy) is 2. The highest BCUT2D eigenvalue weighted by atomic mass is 32.2. The van der Waals surface area contributed by atoms with E-state index in [9.17, 15) is 9.59 Å². The summed E-state index contributed by atoms with van der Waals surface area (Å²) in [6.45, 7) is 2.15. The zero-order chi connectivity index (χ0) is 25.2. The van der Waals surface area contributed by atoms with E-state index in [0.717, 1.165) is 11.1 Å². The molecule has 0 aliphatic rings. The highest BCUT2D eigenvalue weighted by Crippen LogP contribution is 2.28. The van der Waals surface area contributed by atoms with Crippen molar-refractivity contribution in [2.75, 3.05) is 20.0 Å². The minimum absolute atomic E-state index is 0.0818. The zero-order valence-corrected chi connectivity index (χ0v) is 21.0. The molecule has 1 unspecified atom stereocenters. The van der Waals surface area contributed by atoms with E-state index in [1.165, 1.54) is 17.8 Å². The predicted octanol–water partition coefficient (Wildman–Crippen LogP) is 3.13. The van der Waals surface area contributed by atoms with Crippen LogP contribution in [0.5, 0.6) is 11.5 Å². The van der Waals surface area contributed by atoms with Crippen LogP contribution in [0.25, 0.3) is 6.08 Å². The van der Waals surface area contributed by atoms with E-state index in [1.807, 2.05) is 43.3 Å². The van der Waals surface area contributed by atoms with E-state index in [2.05, 4.69) is 20.8 Å². The van der Waals surface area contributed by atoms with Crippen molar-refractivity contribution in [1.29, 1.82) is 0 Å². The molecular weight excluding hydrogens is 466 g/mol. The average Bonchev–Trinajstić information content (AvgIpc) is 3.24. The number of carbonyl (C=O) groups excluding carboxylic acids is 2. The van der Waals surface area contributed by atoms with Crippen molar-refractivity contribution in [3.05, 3.63) is 71.6 Å². The molecule has 3 aromatic rings. The van der Waals surface area contributed by atoms with Gasteiger partial charge in [0.1, 0.15) is 0 Å². The number of carbonyl (C=O) groups is 2. The standard InChI is InChI=1S/C25H29N5O4S/c1-17(19-8-6-5-7-9-19)27-24(32)16-35-25-29-28-22(30(25)2)15-26-23(31)13-11-18-10-12-20(33-3)21(14-18)34-4/h5-14,17H,15-16H2,1-4H3,(H,26,31)(H,27,32)/b13-11+. The van der Waals surface area contributed by atoms with Gasteiger partial charge in [-0.1, -0.05) is 48.2 Å². The Morgan fingerprint density at radius 3 is 2.54 bits per heavy atom. The molecule has 184 valence electrons. The number of nitrogens with zero attached hydrogens (tertiary/aromatic N) is 3. The third-order valence-corrected chi connectivity index (χ3v) is 6.21. The minimum Gasteiger partial charge on any atom is -0.493 e. The second kappa shape index (κ2) is 12.6. The van der Waals surface area contributed by atoms with Crippen LogP contribution in [0.3, 0.4) is 0 Å². The van der Waals surface area contributed by atoms with Crippen molar-refractivity contribution in [2.24, 2.45) is 7.05 Å². The smallest absolute Gasteiger partial charge is 0.244 e. The number of benzene rings is 2. The van der Waals surface area contributed by atoms with Crippen molar-refractivity contribution in [2.45, 2.75) is 24.7 Å². The Morgan fingerprint density at radius 2 is 1.83 bits per heavy atom. The van der Waals surface area contributed by atoms with E-state index < -0.39 is 0 Å². The first-order chi connectivity index (χ1) is 16.9. The normalized spacial score (nSPS) is 11.8. The first-order valence-corrected chi connectivity index (χ1v) is 11.9. The molecule has 1 heterocycles. The summed E-state index contributed by atoms with van der Waals surface area (Å²) in [4.78, 5) is 24.6. The SMILES string of the molecule is COc1ccc(/C=C/C(=O)NCc2nnc(SCC(=O)NC(C)c3ccccc3)n2C)cc1OC. The quantitative estimate of drug-likeness (QED) is 0.311. The van der Waals surface area contributed by atoms with Gasteiger partial charge in [0, 0.05) is 13.1 Å². The number of methoxy groups -OCH3 is 2. The molecule has 35 heavy (non-hydrogen) atoms. The van der Waals surface area contributed by atoms with Gasteiger partial charge in [-0.15, -0.1) is 10.2 Å². The molecule has 0 aliphatic heterocycles. The maximum atomic E-state index is 12.3. The van der Waals surface area contributed by atoms with Gasteiger partial charge in [0.15, 0.2) is 22.5 Å². The van der Waals surface area contributed by atoms with Crippen molar-refractivity contribution >= 4 is 29.7 Å². The van der Waals surface area contributed by atoms with Gasteiger partial charge in [0.2, 0.25) is 11.8 Å². The summed E-state index contributed by atoms with van der Waals surface area (Å²) in [5, 5.41) is 14.6. The minimum atomic E-state index is -0.272. The summed E-state index contributed by atoms with van der Waals surface area (Å²) in [5.41, 5.74) is 1.85. The second-order valence-corrected chi connectivity index (χ2v) is 8.55. The molecule has 10 heteroatoms. The van der Waals surface area contributed by atoms with Crippen molar-refractivity contribution in [1.82, 2.24) is 25.4 Å². The van der Waals surface area contributed by atoms with Gasteiger partial charge in [-0.25, -0.2) is 0 Å². The van der Waals surface area contributed by atoms with Crippen molar-refractivity contribution < 1.29 is 19.1 Å². The summed E-state index contributed by atoms with van der Waals surface area (Å²) in [7, 11) is 4.93. The number of hydrogen-bond donors (Lipinski definition) is 2. The number of rotatable bonds is 11. The molecule has 0 fully saturated rings. The Hall–Kier alpha value is -3.79. The molecule has 9 nitrogen and oxygen atoms in total. The third-order valence-electron chi connectivity index (χ3n) is 5.19. The molecule has 0 radical (unpaired) electrons. The van der Waals surface area contributed by atoms with Crippen LogP contribution in [0, 0.1) is 0 Å². The van der Waals surface area contributed by atoms with Crippen LogP contribution in [0.2, 0.25) is 0 Å². The lowest BCUT2D eigenvalue weighted by molar-refractivity contribution is -0.119. The average molecular weight is 496 g/mol. The first-order valence-electron chi connectivity index (χ1n) is 10.9. The van der Waals surface area contributed by atoms with E-state index in [0.29, 0.717) is 22.5 Å². The Bertz CT molecular complexity index is 1180. The van der Waals surface area contributed by atoms with Crippen LogP contribution in [-0.4, -0.2) is 46.6 Å². The second-order valence-electron chi connectivity index (χ2n) is 7.61. The maximum absolute atomic E-state index is 12.3. The van der Waals surface area contributed by atoms with E-state index >= 15 is 0 Å². The van der Waals surface area contributed by atoms with Gasteiger partial charge in [-0.3, -0.25) is 9.59 Å². The molecule has 0 saturated carbocycles. The molecule has 1 aromatic heterocycles. The largest absolute Gasteiger partial charge is 0.493 e. The van der Waals surface area contributed by atoms with Gasteiger partial charge < -0.3 is 24.7 Å². The number of hydrogen-bond acceptors (Lipinski definition) is 7. The topological polar surface area (TPSA) is 107 Å². The van der Waals surface area contributed by atoms with Crippen LogP contribution in [0.15, 0.2) is 59.8 Å². The number of nitrogens with one attached hydrogen (secondary N) is 2. The van der Waals surface area contributed by atoms with Crippen LogP contribution in [0.4, 0.5) is 0 Å². The fourth-order valence-electron chi connectivity index (χ4n) is 3.22. The summed E-state index contributed by atoms with van der Waals surface area (Å²) in [6.07, 6.45) is 3.12. The third kappa shape index (κ3) is 7.35. The van der Waals surface area contributed by atoms with Gasteiger partial charge in [0.25, 0.3) is 0 Å². The highest BCUT2D eigenvalue weighted by molar-refractivity contribution is 7.99. The van der Waals surface area contributed by atoms with E-state index in [4.69, 9.17) is 9.47 Å². The number of amides is 2. The first kappa shape index (κ1) is 25.8. The molecule has 0 aliphatic carbocycles. The Labute approximate surface area is 208 Å². The monoisotopic (exact) mass is 495 g/mol. The summed E-state index contributed by atoms with van der Waals surface area (Å²) < 4.78 is 12.3. The molecule has 0 saturated heterocycles. The summed E-state index contributed by atoms with van der Waals surface area (Å²) in [6, 6.07) is 15.1. The van der Waals surface area contributed by atoms with E-state index in [-0.39, 0.29) is 30.2 Å². The molecule has 0 spiro atoms. The van der Waals surface area contributed by atoms with Gasteiger partial charge in [-0.2, -0.15) is 0 Å². The number of thioether (sulfide) groups is 1. The Balaban J connectivity index is 1.48. The highest BCUT2D eigenvalue weighted by Gasteiger charge is 2.14. The molecule has 2 aromatic carbocycles. The Kier molecular flexibility index (Phi) is 9.31. The lowest BCUT2D eigenvalue weighted by Crippen LogP contribution is -2.28. The molecule has 0 bridgehead atoms. The van der Waals surface area contributed by atoms with Crippen LogP contribution < -0.4 is 20.1 Å². The van der Waals surface area contributed by atoms with Gasteiger partial charge in [-0.05, 0) is 36.3 Å². The van der Waals surface area contributed by atoms with E-state index in [1.54, 1.807) is 44.0 Å². The molecule has 2 amide bonds. The lowest BCUT2D eigenvalue weighted by Gasteiger charge is -2.14. The van der Waals surface area contributed by atoms with Crippen molar-refractivity contribution in [3.63, 3.8) is 0 Å². The van der Waals surface area contributed by atoms with Gasteiger partial charge in [0.05, 0.1) is 32.6 Å². The summed E-state index contributed by atoms with van der Waals surface area (Å²) >= 11 is 1.29. The zero-order valence-electron chi connectivity index (χ0n) is 20.1. The fraction of sp³-hybridized carbons (Fsp3) is 0.280. The van der Waals surface area contributed by atoms with Crippen molar-refractivity contribution in [3.8, 4) is 11.5 Å². The Morgan fingerprint density at radius 1 is 1.09 bits per heavy atom. The molecular formula is C25H29N5O4S. The molecule has 3 rings (SSSR count). The van der Waals surface area contributed by atoms with Crippen LogP contribution >= 0.6 is 11.8 Å². The summed E-state index contributed by atoms with van der Waals surface area (Å²) in [5.74, 6) is 1.63. The molecule has 2 N–H and O–H groups in total. The number of aromatic nitrogens is 3.